The van der Waals surface area contributed by atoms with Crippen LogP contribution in [-0.2, 0) is 9.53 Å². The molecule has 0 amide bonds. The van der Waals surface area contributed by atoms with Gasteiger partial charge >= 0.3 is 5.97 Å². The van der Waals surface area contributed by atoms with Gasteiger partial charge in [0.05, 0.1) is 18.2 Å². The monoisotopic (exact) mass is 289 g/mol. The highest BCUT2D eigenvalue weighted by Crippen LogP contribution is 2.57. The lowest BCUT2D eigenvalue weighted by atomic mass is 9.64. The number of benzene rings is 1. The number of oxime groups is 1. The van der Waals surface area contributed by atoms with E-state index in [-0.39, 0.29) is 17.3 Å². The minimum Gasteiger partial charge on any atom is -0.469 e. The van der Waals surface area contributed by atoms with Crippen LogP contribution in [0.2, 0.25) is 0 Å². The van der Waals surface area contributed by atoms with Crippen molar-refractivity contribution in [1.29, 1.82) is 0 Å². The molecule has 1 aromatic rings. The lowest BCUT2D eigenvalue weighted by molar-refractivity contribution is -0.157. The van der Waals surface area contributed by atoms with Gasteiger partial charge in [-0.15, -0.1) is 0 Å². The number of carbonyl (C=O) groups excluding carboxylic acids is 1. The van der Waals surface area contributed by atoms with E-state index >= 15 is 0 Å². The average molecular weight is 289 g/mol. The van der Waals surface area contributed by atoms with E-state index < -0.39 is 5.41 Å². The van der Waals surface area contributed by atoms with E-state index in [4.69, 9.17) is 4.74 Å². The van der Waals surface area contributed by atoms with Gasteiger partial charge in [0.15, 0.2) is 0 Å². The molecule has 1 saturated carbocycles. The molecule has 1 N–H and O–H groups in total. The van der Waals surface area contributed by atoms with Crippen molar-refractivity contribution < 1.29 is 14.7 Å². The largest absolute Gasteiger partial charge is 0.469 e. The zero-order valence-corrected chi connectivity index (χ0v) is 13.1. The number of hydrogen-bond donors (Lipinski definition) is 1. The first-order valence-corrected chi connectivity index (χ1v) is 7.24. The van der Waals surface area contributed by atoms with Crippen LogP contribution in [0.3, 0.4) is 0 Å². The first-order valence-electron chi connectivity index (χ1n) is 7.24. The molecule has 4 heteroatoms. The van der Waals surface area contributed by atoms with Gasteiger partial charge in [0.2, 0.25) is 0 Å². The van der Waals surface area contributed by atoms with Gasteiger partial charge in [-0.3, -0.25) is 4.79 Å². The van der Waals surface area contributed by atoms with E-state index in [2.05, 4.69) is 19.0 Å². The van der Waals surface area contributed by atoms with Gasteiger partial charge in [0.25, 0.3) is 0 Å². The van der Waals surface area contributed by atoms with Crippen LogP contribution in [0.15, 0.2) is 35.5 Å². The molecular weight excluding hydrogens is 266 g/mol. The molecule has 1 aliphatic rings. The van der Waals surface area contributed by atoms with Crippen molar-refractivity contribution in [1.82, 2.24) is 0 Å². The van der Waals surface area contributed by atoms with Gasteiger partial charge in [0, 0.05) is 5.92 Å². The molecule has 0 spiro atoms. The highest BCUT2D eigenvalue weighted by atomic mass is 16.5. The number of carbonyl (C=O) groups is 1. The fourth-order valence-electron chi connectivity index (χ4n) is 3.51. The fourth-order valence-corrected chi connectivity index (χ4v) is 3.51. The van der Waals surface area contributed by atoms with Crippen molar-refractivity contribution in [3.05, 3.63) is 35.9 Å². The van der Waals surface area contributed by atoms with E-state index in [1.54, 1.807) is 0 Å². The Labute approximate surface area is 125 Å². The number of esters is 1. The molecule has 1 fully saturated rings. The second-order valence-electron chi connectivity index (χ2n) is 6.49. The molecular formula is C17H23NO3. The quantitative estimate of drug-likeness (QED) is 0.401. The van der Waals surface area contributed by atoms with Crippen LogP contribution in [0, 0.1) is 16.7 Å². The van der Waals surface area contributed by atoms with E-state index in [9.17, 15) is 10.0 Å². The standard InChI is InChI=1S/C17H23NO3/c1-16(2)13(10-11-17(16,3)15(19)21-4)14(18-20)12-8-6-5-7-9-12/h5-9,13,20H,10-11H2,1-4H3/b18-14+. The maximum absolute atomic E-state index is 12.2. The summed E-state index contributed by atoms with van der Waals surface area (Å²) in [7, 11) is 1.43. The van der Waals surface area contributed by atoms with E-state index in [1.165, 1.54) is 7.11 Å². The molecule has 0 radical (unpaired) electrons. The summed E-state index contributed by atoms with van der Waals surface area (Å²) in [6.45, 7) is 6.05. The Morgan fingerprint density at radius 3 is 2.43 bits per heavy atom. The van der Waals surface area contributed by atoms with Crippen molar-refractivity contribution in [2.45, 2.75) is 33.6 Å². The van der Waals surface area contributed by atoms with Crippen molar-refractivity contribution in [3.8, 4) is 0 Å². The first kappa shape index (κ1) is 15.5. The van der Waals surface area contributed by atoms with Crippen molar-refractivity contribution >= 4 is 11.7 Å². The number of ether oxygens (including phenoxy) is 1. The molecule has 0 bridgehead atoms. The zero-order chi connectivity index (χ0) is 15.7. The number of methoxy groups -OCH3 is 1. The van der Waals surface area contributed by atoms with Crippen LogP contribution in [0.4, 0.5) is 0 Å². The van der Waals surface area contributed by atoms with E-state index in [0.29, 0.717) is 5.71 Å². The normalized spacial score (nSPS) is 28.4. The number of rotatable bonds is 3. The Kier molecular flexibility index (Phi) is 4.08. The lowest BCUT2D eigenvalue weighted by Gasteiger charge is -2.39. The molecule has 4 nitrogen and oxygen atoms in total. The van der Waals surface area contributed by atoms with Gasteiger partial charge in [-0.25, -0.2) is 0 Å². The topological polar surface area (TPSA) is 58.9 Å². The highest BCUT2D eigenvalue weighted by Gasteiger charge is 2.58. The summed E-state index contributed by atoms with van der Waals surface area (Å²) in [4.78, 5) is 12.2. The number of nitrogens with zero attached hydrogens (tertiary/aromatic N) is 1. The van der Waals surface area contributed by atoms with Crippen LogP contribution in [0.1, 0.15) is 39.2 Å². The summed E-state index contributed by atoms with van der Waals surface area (Å²) in [5.41, 5.74) is 0.620. The fraction of sp³-hybridized carbons (Fsp3) is 0.529. The average Bonchev–Trinajstić information content (AvgIpc) is 2.73. The Balaban J connectivity index is 2.40. The van der Waals surface area contributed by atoms with Crippen molar-refractivity contribution in [2.75, 3.05) is 7.11 Å². The molecule has 1 aliphatic carbocycles. The third kappa shape index (κ3) is 2.33. The summed E-state index contributed by atoms with van der Waals surface area (Å²) < 4.78 is 5.00. The molecule has 0 aromatic heterocycles. The van der Waals surface area contributed by atoms with Crippen LogP contribution < -0.4 is 0 Å². The van der Waals surface area contributed by atoms with Gasteiger partial charge in [-0.05, 0) is 30.7 Å². The summed E-state index contributed by atoms with van der Waals surface area (Å²) in [6.07, 6.45) is 1.52. The molecule has 1 aromatic carbocycles. The summed E-state index contributed by atoms with van der Waals surface area (Å²) in [5, 5.41) is 13.1. The Bertz CT molecular complexity index is 550. The Hall–Kier alpha value is -1.84. The van der Waals surface area contributed by atoms with E-state index in [1.807, 2.05) is 37.3 Å². The van der Waals surface area contributed by atoms with Crippen LogP contribution in [0.5, 0.6) is 0 Å². The molecule has 2 atom stereocenters. The molecule has 114 valence electrons. The van der Waals surface area contributed by atoms with Crippen molar-refractivity contribution in [2.24, 2.45) is 21.9 Å². The van der Waals surface area contributed by atoms with E-state index in [0.717, 1.165) is 18.4 Å². The smallest absolute Gasteiger partial charge is 0.312 e. The first-order chi connectivity index (χ1) is 9.88. The Morgan fingerprint density at radius 1 is 1.29 bits per heavy atom. The Morgan fingerprint density at radius 2 is 1.90 bits per heavy atom. The predicted molar refractivity (Wildman–Crippen MR) is 81.4 cm³/mol. The molecule has 0 aliphatic heterocycles. The third-order valence-corrected chi connectivity index (χ3v) is 5.37. The lowest BCUT2D eigenvalue weighted by Crippen LogP contribution is -2.43. The molecule has 2 unspecified atom stereocenters. The maximum Gasteiger partial charge on any atom is 0.312 e. The summed E-state index contributed by atoms with van der Waals surface area (Å²) in [5.74, 6) is -0.186. The molecule has 0 heterocycles. The van der Waals surface area contributed by atoms with Crippen LogP contribution >= 0.6 is 0 Å². The van der Waals surface area contributed by atoms with Gasteiger partial charge in [-0.1, -0.05) is 49.3 Å². The summed E-state index contributed by atoms with van der Waals surface area (Å²) in [6, 6.07) is 9.62. The van der Waals surface area contributed by atoms with Crippen LogP contribution in [-0.4, -0.2) is 24.0 Å². The predicted octanol–water partition coefficient (Wildman–Crippen LogP) is 3.48. The minimum atomic E-state index is -0.572. The molecule has 2 rings (SSSR count). The van der Waals surface area contributed by atoms with Gasteiger partial charge < -0.3 is 9.94 Å². The SMILES string of the molecule is COC(=O)C1(C)CCC(/C(=N/O)c2ccccc2)C1(C)C. The van der Waals surface area contributed by atoms with Crippen molar-refractivity contribution in [3.63, 3.8) is 0 Å². The second kappa shape index (κ2) is 5.51. The minimum absolute atomic E-state index is 0.00833. The second-order valence-corrected chi connectivity index (χ2v) is 6.49. The van der Waals surface area contributed by atoms with Crippen LogP contribution in [0.25, 0.3) is 0 Å². The highest BCUT2D eigenvalue weighted by molar-refractivity contribution is 6.03. The van der Waals surface area contributed by atoms with Gasteiger partial charge in [-0.2, -0.15) is 0 Å². The molecule has 21 heavy (non-hydrogen) atoms. The number of hydrogen-bond acceptors (Lipinski definition) is 4. The maximum atomic E-state index is 12.2. The zero-order valence-electron chi connectivity index (χ0n) is 13.1. The summed E-state index contributed by atoms with van der Waals surface area (Å²) >= 11 is 0. The van der Waals surface area contributed by atoms with Gasteiger partial charge in [0.1, 0.15) is 0 Å². The molecule has 0 saturated heterocycles. The third-order valence-electron chi connectivity index (χ3n) is 5.37.